The predicted molar refractivity (Wildman–Crippen MR) is 164 cm³/mol. The Kier molecular flexibility index (Phi) is 12.5. The molecule has 1 saturated carbocycles. The maximum absolute atomic E-state index is 2.44. The molecule has 0 aliphatic heterocycles. The molecule has 37 heavy (non-hydrogen) atoms. The molecule has 1 fully saturated rings. The van der Waals surface area contributed by atoms with E-state index in [2.05, 4.69) is 121 Å². The smallest absolute Gasteiger partial charge is 0.358 e. The summed E-state index contributed by atoms with van der Waals surface area (Å²) >= 11 is 0. The maximum atomic E-state index is 2.44. The van der Waals surface area contributed by atoms with Crippen molar-refractivity contribution in [1.29, 1.82) is 0 Å². The van der Waals surface area contributed by atoms with Gasteiger partial charge >= 0.3 is 25.8 Å². The summed E-state index contributed by atoms with van der Waals surface area (Å²) in [5.41, 5.74) is 4.61. The molecule has 0 amide bonds. The van der Waals surface area contributed by atoms with E-state index >= 15 is 0 Å². The summed E-state index contributed by atoms with van der Waals surface area (Å²) in [7, 11) is 0. The second-order valence-electron chi connectivity index (χ2n) is 12.2. The molecule has 0 aromatic heterocycles. The summed E-state index contributed by atoms with van der Waals surface area (Å²) in [5, 5.41) is 5.48. The molecule has 1 aliphatic carbocycles. The first-order chi connectivity index (χ1) is 16.1. The molecule has 0 unspecified atom stereocenters. The molecular weight excluding hydrogens is 611 g/mol. The molecule has 0 heterocycles. The van der Waals surface area contributed by atoms with Gasteiger partial charge in [-0.2, -0.15) is 24.1 Å². The standard InChI is InChI=1S/C21H25.C13H17.2CH3.Hf/c1-20(2,3)16-7-9-18-14(12-16)11-15-13-17(21(4,5)6)8-10-19(15)18;1-3-7-12(8-4-1)11-13-9-5-2-6-10-13;;;/h7-13H,1-6H3;1,3-4,7-8,11,13H,2,5-6,9-10H2;2*1H3;/q4*-1;+4. The summed E-state index contributed by atoms with van der Waals surface area (Å²) in [6, 6.07) is 26.9. The van der Waals surface area contributed by atoms with Crippen molar-refractivity contribution < 1.29 is 25.8 Å². The van der Waals surface area contributed by atoms with Gasteiger partial charge in [-0.3, -0.25) is 0 Å². The Morgan fingerprint density at radius 3 is 1.54 bits per heavy atom. The molecule has 196 valence electrons. The zero-order valence-corrected chi connectivity index (χ0v) is 28.2. The van der Waals surface area contributed by atoms with Crippen LogP contribution in [0.5, 0.6) is 0 Å². The zero-order valence-electron chi connectivity index (χ0n) is 24.6. The van der Waals surface area contributed by atoms with Crippen LogP contribution in [0.25, 0.3) is 21.5 Å². The minimum atomic E-state index is 0. The van der Waals surface area contributed by atoms with Crippen molar-refractivity contribution >= 4 is 21.5 Å². The summed E-state index contributed by atoms with van der Waals surface area (Å²) in [4.78, 5) is 0. The second-order valence-corrected chi connectivity index (χ2v) is 12.2. The third-order valence-electron chi connectivity index (χ3n) is 7.31. The molecule has 0 saturated heterocycles. The molecule has 0 nitrogen and oxygen atoms in total. The van der Waals surface area contributed by atoms with E-state index in [-0.39, 0.29) is 51.5 Å². The van der Waals surface area contributed by atoms with Gasteiger partial charge in [-0.1, -0.05) is 121 Å². The number of fused-ring (bicyclic) bond motifs is 3. The molecule has 0 radical (unpaired) electrons. The van der Waals surface area contributed by atoms with Gasteiger partial charge in [-0.25, -0.2) is 0 Å². The molecule has 1 heteroatoms. The van der Waals surface area contributed by atoms with Crippen molar-refractivity contribution in [1.82, 2.24) is 0 Å². The van der Waals surface area contributed by atoms with Gasteiger partial charge in [0, 0.05) is 0 Å². The van der Waals surface area contributed by atoms with Crippen LogP contribution in [0.1, 0.15) is 90.3 Å². The fourth-order valence-corrected chi connectivity index (χ4v) is 5.09. The van der Waals surface area contributed by atoms with Crippen LogP contribution >= 0.6 is 0 Å². The Morgan fingerprint density at radius 2 is 1.11 bits per heavy atom. The molecular formula is C36H48Hf. The first-order valence-electron chi connectivity index (χ1n) is 13.2. The van der Waals surface area contributed by atoms with E-state index < -0.39 is 0 Å². The van der Waals surface area contributed by atoms with E-state index in [4.69, 9.17) is 0 Å². The van der Waals surface area contributed by atoms with Crippen molar-refractivity contribution in [2.24, 2.45) is 5.92 Å². The van der Waals surface area contributed by atoms with Crippen LogP contribution in [-0.2, 0) is 36.7 Å². The Morgan fingerprint density at radius 1 is 0.649 bits per heavy atom. The van der Waals surface area contributed by atoms with Gasteiger partial charge in [0.2, 0.25) is 0 Å². The predicted octanol–water partition coefficient (Wildman–Crippen LogP) is 11.0. The van der Waals surface area contributed by atoms with Crippen molar-refractivity contribution in [2.75, 3.05) is 0 Å². The monoisotopic (exact) mass is 660 g/mol. The summed E-state index contributed by atoms with van der Waals surface area (Å²) in [6.45, 7) is 13.6. The molecule has 5 rings (SSSR count). The molecule has 4 aromatic carbocycles. The second kappa shape index (κ2) is 13.9. The van der Waals surface area contributed by atoms with Crippen molar-refractivity contribution in [3.05, 3.63) is 111 Å². The first-order valence-corrected chi connectivity index (χ1v) is 13.2. The molecule has 0 bridgehead atoms. The summed E-state index contributed by atoms with van der Waals surface area (Å²) in [6.07, 6.45) is 9.53. The van der Waals surface area contributed by atoms with E-state index in [0.29, 0.717) is 0 Å². The van der Waals surface area contributed by atoms with E-state index in [1.54, 1.807) is 0 Å². The maximum Gasteiger partial charge on any atom is 4.00 e. The Balaban J connectivity index is 0.000000374. The van der Waals surface area contributed by atoms with Crippen LogP contribution in [0.2, 0.25) is 0 Å². The molecule has 1 aliphatic rings. The van der Waals surface area contributed by atoms with Gasteiger partial charge in [0.05, 0.1) is 0 Å². The molecule has 0 atom stereocenters. The van der Waals surface area contributed by atoms with Gasteiger partial charge in [0.15, 0.2) is 0 Å². The van der Waals surface area contributed by atoms with Crippen molar-refractivity contribution in [2.45, 2.75) is 84.5 Å². The van der Waals surface area contributed by atoms with Crippen LogP contribution in [0.4, 0.5) is 0 Å². The minimum Gasteiger partial charge on any atom is -0.358 e. The van der Waals surface area contributed by atoms with Gasteiger partial charge < -0.3 is 14.9 Å². The minimum absolute atomic E-state index is 0. The Labute approximate surface area is 247 Å². The number of benzene rings is 3. The fraction of sp³-hybridized carbons (Fsp3) is 0.389. The first kappa shape index (κ1) is 33.3. The van der Waals surface area contributed by atoms with Crippen LogP contribution in [0, 0.1) is 27.2 Å². The zero-order chi connectivity index (χ0) is 24.3. The third-order valence-corrected chi connectivity index (χ3v) is 7.31. The van der Waals surface area contributed by atoms with E-state index in [1.807, 2.05) is 0 Å². The van der Waals surface area contributed by atoms with Gasteiger partial charge in [-0.15, -0.1) is 51.9 Å². The normalized spacial score (nSPS) is 14.0. The SMILES string of the molecule is CC(C)(C)c1ccc2c(c1)[cH-]c1cc(C(C)(C)C)ccc12.[CH3-].[CH3-].[Hf+4].c1ccc([CH-]C2CCCCC2)cc1. The largest absolute Gasteiger partial charge is 4.00 e. The molecule has 0 spiro atoms. The average molecular weight is 659 g/mol. The Hall–Kier alpha value is -1.73. The quantitative estimate of drug-likeness (QED) is 0.148. The van der Waals surface area contributed by atoms with Crippen LogP contribution in [-0.4, -0.2) is 0 Å². The van der Waals surface area contributed by atoms with E-state index in [1.165, 1.54) is 70.3 Å². The van der Waals surface area contributed by atoms with Gasteiger partial charge in [0.25, 0.3) is 0 Å². The number of hydrogen-bond acceptors (Lipinski definition) is 0. The number of rotatable bonds is 2. The van der Waals surface area contributed by atoms with Gasteiger partial charge in [0.1, 0.15) is 0 Å². The van der Waals surface area contributed by atoms with Crippen LogP contribution < -0.4 is 0 Å². The number of hydrogen-bond donors (Lipinski definition) is 0. The van der Waals surface area contributed by atoms with E-state index in [9.17, 15) is 0 Å². The summed E-state index contributed by atoms with van der Waals surface area (Å²) < 4.78 is 0. The molecule has 4 aromatic rings. The fourth-order valence-electron chi connectivity index (χ4n) is 5.09. The van der Waals surface area contributed by atoms with E-state index in [0.717, 1.165) is 5.92 Å². The third kappa shape index (κ3) is 8.64. The summed E-state index contributed by atoms with van der Waals surface area (Å²) in [5.74, 6) is 0.844. The van der Waals surface area contributed by atoms with Gasteiger partial charge in [-0.05, 0) is 10.8 Å². The van der Waals surface area contributed by atoms with Crippen LogP contribution in [0.3, 0.4) is 0 Å². The Bertz CT molecular complexity index is 1140. The van der Waals surface area contributed by atoms with Crippen LogP contribution in [0.15, 0.2) is 72.8 Å². The topological polar surface area (TPSA) is 0 Å². The van der Waals surface area contributed by atoms with Crippen molar-refractivity contribution in [3.8, 4) is 0 Å². The molecule has 0 N–H and O–H groups in total. The average Bonchev–Trinajstić information content (AvgIpc) is 3.17. The van der Waals surface area contributed by atoms with Crippen molar-refractivity contribution in [3.63, 3.8) is 0 Å².